The third-order valence-corrected chi connectivity index (χ3v) is 4.12. The minimum atomic E-state index is -0.547. The lowest BCUT2D eigenvalue weighted by atomic mass is 10.2. The van der Waals surface area contributed by atoms with E-state index in [1.807, 2.05) is 0 Å². The van der Waals surface area contributed by atoms with E-state index in [0.29, 0.717) is 25.3 Å². The van der Waals surface area contributed by atoms with Gasteiger partial charge in [0.1, 0.15) is 6.10 Å². The average Bonchev–Trinajstić information content (AvgIpc) is 2.83. The number of thiophene rings is 1. The maximum Gasteiger partial charge on any atom is 0.254 e. The SMILES string of the molecule is NC(=NO)C1CN(C(=O)c2csc(Br)c2)CCO1. The second-order valence-corrected chi connectivity index (χ2v) is 6.07. The summed E-state index contributed by atoms with van der Waals surface area (Å²) in [6.45, 7) is 1.17. The summed E-state index contributed by atoms with van der Waals surface area (Å²) in [6.07, 6.45) is -0.547. The van der Waals surface area contributed by atoms with Crippen molar-refractivity contribution in [2.75, 3.05) is 19.7 Å². The van der Waals surface area contributed by atoms with Crippen LogP contribution in [0.15, 0.2) is 20.4 Å². The molecule has 1 aliphatic heterocycles. The summed E-state index contributed by atoms with van der Waals surface area (Å²) in [5.74, 6) is -0.0880. The molecule has 1 aliphatic rings. The molecule has 6 nitrogen and oxygen atoms in total. The zero-order chi connectivity index (χ0) is 13.1. The Kier molecular flexibility index (Phi) is 4.20. The summed E-state index contributed by atoms with van der Waals surface area (Å²) >= 11 is 4.78. The van der Waals surface area contributed by atoms with Crippen molar-refractivity contribution in [2.24, 2.45) is 10.9 Å². The molecule has 0 radical (unpaired) electrons. The first-order valence-electron chi connectivity index (χ1n) is 5.24. The molecule has 2 rings (SSSR count). The number of ether oxygens (including phenoxy) is 1. The number of nitrogens with two attached hydrogens (primary N) is 1. The van der Waals surface area contributed by atoms with Gasteiger partial charge in [-0.3, -0.25) is 4.79 Å². The molecular formula is C10H12BrN3O3S. The molecule has 0 spiro atoms. The highest BCUT2D eigenvalue weighted by molar-refractivity contribution is 9.11. The molecule has 98 valence electrons. The third-order valence-electron chi connectivity index (χ3n) is 2.61. The van der Waals surface area contributed by atoms with E-state index in [4.69, 9.17) is 15.7 Å². The number of hydrogen-bond donors (Lipinski definition) is 2. The summed E-state index contributed by atoms with van der Waals surface area (Å²) in [7, 11) is 0. The van der Waals surface area contributed by atoms with Crippen LogP contribution < -0.4 is 5.73 Å². The van der Waals surface area contributed by atoms with E-state index in [-0.39, 0.29) is 11.7 Å². The zero-order valence-electron chi connectivity index (χ0n) is 9.38. The maximum atomic E-state index is 12.2. The minimum absolute atomic E-state index is 0.0148. The topological polar surface area (TPSA) is 88.2 Å². The van der Waals surface area contributed by atoms with Gasteiger partial charge in [-0.25, -0.2) is 0 Å². The number of oxime groups is 1. The zero-order valence-corrected chi connectivity index (χ0v) is 11.8. The molecule has 18 heavy (non-hydrogen) atoms. The van der Waals surface area contributed by atoms with E-state index in [2.05, 4.69) is 21.1 Å². The average molecular weight is 334 g/mol. The Morgan fingerprint density at radius 3 is 3.11 bits per heavy atom. The van der Waals surface area contributed by atoms with Crippen LogP contribution in [-0.4, -0.2) is 47.7 Å². The van der Waals surface area contributed by atoms with E-state index in [1.165, 1.54) is 11.3 Å². The van der Waals surface area contributed by atoms with Crippen LogP contribution in [0.2, 0.25) is 0 Å². The first kappa shape index (κ1) is 13.3. The Balaban J connectivity index is 2.07. The van der Waals surface area contributed by atoms with Gasteiger partial charge in [-0.2, -0.15) is 0 Å². The van der Waals surface area contributed by atoms with Gasteiger partial charge in [0.05, 0.1) is 22.5 Å². The molecule has 1 atom stereocenters. The fraction of sp³-hybridized carbons (Fsp3) is 0.400. The fourth-order valence-corrected chi connectivity index (χ4v) is 2.81. The van der Waals surface area contributed by atoms with Crippen molar-refractivity contribution >= 4 is 39.0 Å². The van der Waals surface area contributed by atoms with E-state index in [9.17, 15) is 4.79 Å². The number of hydrogen-bond acceptors (Lipinski definition) is 5. The van der Waals surface area contributed by atoms with Crippen LogP contribution in [0.3, 0.4) is 0 Å². The van der Waals surface area contributed by atoms with E-state index in [1.54, 1.807) is 16.3 Å². The van der Waals surface area contributed by atoms with Crippen LogP contribution in [0.4, 0.5) is 0 Å². The summed E-state index contributed by atoms with van der Waals surface area (Å²) < 4.78 is 6.25. The predicted molar refractivity (Wildman–Crippen MR) is 71.1 cm³/mol. The highest BCUT2D eigenvalue weighted by Gasteiger charge is 2.27. The molecular weight excluding hydrogens is 322 g/mol. The van der Waals surface area contributed by atoms with Crippen molar-refractivity contribution in [3.05, 3.63) is 20.8 Å². The first-order valence-corrected chi connectivity index (χ1v) is 6.91. The highest BCUT2D eigenvalue weighted by atomic mass is 79.9. The number of rotatable bonds is 2. The van der Waals surface area contributed by atoms with Gasteiger partial charge in [0.2, 0.25) is 0 Å². The van der Waals surface area contributed by atoms with Gasteiger partial charge >= 0.3 is 0 Å². The van der Waals surface area contributed by atoms with Crippen LogP contribution in [-0.2, 0) is 4.74 Å². The van der Waals surface area contributed by atoms with Crippen molar-refractivity contribution in [3.8, 4) is 0 Å². The molecule has 0 saturated carbocycles. The number of amidine groups is 1. The van der Waals surface area contributed by atoms with Gasteiger partial charge in [-0.15, -0.1) is 11.3 Å². The lowest BCUT2D eigenvalue weighted by molar-refractivity contribution is 0.00678. The van der Waals surface area contributed by atoms with E-state index in [0.717, 1.165) is 3.79 Å². The Morgan fingerprint density at radius 1 is 1.72 bits per heavy atom. The fourth-order valence-electron chi connectivity index (χ4n) is 1.68. The Labute approximate surface area is 116 Å². The molecule has 2 heterocycles. The van der Waals surface area contributed by atoms with Crippen LogP contribution in [0.5, 0.6) is 0 Å². The normalized spacial score (nSPS) is 21.1. The predicted octanol–water partition coefficient (Wildman–Crippen LogP) is 1.10. The number of halogens is 1. The standard InChI is InChI=1S/C10H12BrN3O3S/c11-8-3-6(5-18-8)10(15)14-1-2-17-7(4-14)9(12)13-16/h3,5,7,16H,1-2,4H2,(H2,12,13). The number of morpholine rings is 1. The van der Waals surface area contributed by atoms with Crippen LogP contribution in [0.1, 0.15) is 10.4 Å². The van der Waals surface area contributed by atoms with Gasteiger partial charge in [-0.1, -0.05) is 5.16 Å². The summed E-state index contributed by atoms with van der Waals surface area (Å²) in [5, 5.41) is 13.3. The van der Waals surface area contributed by atoms with Crippen LogP contribution >= 0.6 is 27.3 Å². The first-order chi connectivity index (χ1) is 8.61. The second-order valence-electron chi connectivity index (χ2n) is 3.77. The monoisotopic (exact) mass is 333 g/mol. The van der Waals surface area contributed by atoms with Gasteiger partial charge in [0, 0.05) is 11.9 Å². The van der Waals surface area contributed by atoms with Crippen LogP contribution in [0, 0.1) is 0 Å². The summed E-state index contributed by atoms with van der Waals surface area (Å²) in [6, 6.07) is 1.78. The molecule has 1 aromatic rings. The maximum absolute atomic E-state index is 12.2. The highest BCUT2D eigenvalue weighted by Crippen LogP contribution is 2.22. The largest absolute Gasteiger partial charge is 0.409 e. The lowest BCUT2D eigenvalue weighted by Crippen LogP contribution is -2.50. The van der Waals surface area contributed by atoms with E-state index >= 15 is 0 Å². The quantitative estimate of drug-likeness (QED) is 0.367. The van der Waals surface area contributed by atoms with Crippen molar-refractivity contribution in [1.29, 1.82) is 0 Å². The summed E-state index contributed by atoms with van der Waals surface area (Å²) in [5.41, 5.74) is 6.12. The van der Waals surface area contributed by atoms with E-state index < -0.39 is 6.10 Å². The number of carbonyl (C=O) groups excluding carboxylic acids is 1. The Hall–Kier alpha value is -1.12. The van der Waals surface area contributed by atoms with Gasteiger partial charge < -0.3 is 20.6 Å². The number of nitrogens with zero attached hydrogens (tertiary/aromatic N) is 2. The van der Waals surface area contributed by atoms with Gasteiger partial charge in [0.25, 0.3) is 5.91 Å². The van der Waals surface area contributed by atoms with Crippen molar-refractivity contribution in [2.45, 2.75) is 6.10 Å². The smallest absolute Gasteiger partial charge is 0.254 e. The molecule has 1 fully saturated rings. The molecule has 8 heteroatoms. The second kappa shape index (κ2) is 5.68. The molecule has 0 aliphatic carbocycles. The Bertz CT molecular complexity index is 477. The molecule has 3 N–H and O–H groups in total. The number of carbonyl (C=O) groups is 1. The third kappa shape index (κ3) is 2.82. The molecule has 0 bridgehead atoms. The molecule has 1 amide bonds. The van der Waals surface area contributed by atoms with Gasteiger partial charge in [0.15, 0.2) is 5.84 Å². The molecule has 1 aromatic heterocycles. The van der Waals surface area contributed by atoms with Gasteiger partial charge in [-0.05, 0) is 22.0 Å². The molecule has 1 saturated heterocycles. The molecule has 1 unspecified atom stereocenters. The van der Waals surface area contributed by atoms with Crippen molar-refractivity contribution in [1.82, 2.24) is 4.90 Å². The van der Waals surface area contributed by atoms with Crippen molar-refractivity contribution in [3.63, 3.8) is 0 Å². The van der Waals surface area contributed by atoms with Crippen molar-refractivity contribution < 1.29 is 14.7 Å². The summed E-state index contributed by atoms with van der Waals surface area (Å²) in [4.78, 5) is 13.8. The molecule has 0 aromatic carbocycles. The Morgan fingerprint density at radius 2 is 2.50 bits per heavy atom. The number of amides is 1. The lowest BCUT2D eigenvalue weighted by Gasteiger charge is -2.32. The van der Waals surface area contributed by atoms with Crippen LogP contribution in [0.25, 0.3) is 0 Å². The minimum Gasteiger partial charge on any atom is -0.409 e.